The predicted octanol–water partition coefficient (Wildman–Crippen LogP) is 1.13. The van der Waals surface area contributed by atoms with E-state index in [1.807, 2.05) is 6.92 Å². The summed E-state index contributed by atoms with van der Waals surface area (Å²) >= 11 is 0. The Hall–Kier alpha value is -1.79. The van der Waals surface area contributed by atoms with Crippen LogP contribution in [-0.2, 0) is 14.3 Å². The maximum Gasteiger partial charge on any atom is 0.409 e. The van der Waals surface area contributed by atoms with Gasteiger partial charge in [-0.3, -0.25) is 9.59 Å². The van der Waals surface area contributed by atoms with Gasteiger partial charge in [0.2, 0.25) is 11.8 Å². The van der Waals surface area contributed by atoms with Crippen LogP contribution in [0.1, 0.15) is 46.0 Å². The fraction of sp³-hybridized carbons (Fsp3) is 0.812. The second kappa shape index (κ2) is 7.66. The number of nitrogens with zero attached hydrogens (tertiary/aromatic N) is 2. The number of hydrogen-bond acceptors (Lipinski definition) is 4. The summed E-state index contributed by atoms with van der Waals surface area (Å²) in [6.07, 6.45) is 3.03. The number of rotatable bonds is 5. The lowest BCUT2D eigenvalue weighted by atomic mass is 9.88. The average Bonchev–Trinajstić information content (AvgIpc) is 2.95. The first-order chi connectivity index (χ1) is 11.0. The lowest BCUT2D eigenvalue weighted by molar-refractivity contribution is -0.133. The van der Waals surface area contributed by atoms with Crippen LogP contribution in [0.4, 0.5) is 4.79 Å². The van der Waals surface area contributed by atoms with Crippen molar-refractivity contribution in [2.24, 2.45) is 0 Å². The number of piperazine rings is 1. The molecule has 2 fully saturated rings. The second-order valence-corrected chi connectivity index (χ2v) is 6.25. The first kappa shape index (κ1) is 17.6. The van der Waals surface area contributed by atoms with Crippen molar-refractivity contribution in [3.63, 3.8) is 0 Å². The van der Waals surface area contributed by atoms with Crippen LogP contribution >= 0.6 is 0 Å². The van der Waals surface area contributed by atoms with E-state index in [-0.39, 0.29) is 23.4 Å². The third-order valence-corrected chi connectivity index (χ3v) is 4.89. The van der Waals surface area contributed by atoms with Crippen molar-refractivity contribution in [3.8, 4) is 0 Å². The standard InChI is InChI=1S/C16H27N3O4/c1-3-16(7-5-13(20)17-16)8-6-14(21)18-9-11-19(12-10-18)15(22)23-4-2/h3-12H2,1-2H3,(H,17,20). The van der Waals surface area contributed by atoms with Crippen LogP contribution in [0.25, 0.3) is 0 Å². The van der Waals surface area contributed by atoms with Gasteiger partial charge in [0.15, 0.2) is 0 Å². The molecule has 2 aliphatic heterocycles. The molecule has 3 amide bonds. The van der Waals surface area contributed by atoms with Gasteiger partial charge in [-0.2, -0.15) is 0 Å². The van der Waals surface area contributed by atoms with E-state index in [9.17, 15) is 14.4 Å². The molecule has 2 heterocycles. The minimum atomic E-state index is -0.307. The van der Waals surface area contributed by atoms with Crippen LogP contribution in [0, 0.1) is 0 Å². The number of carbonyl (C=O) groups is 3. The fourth-order valence-corrected chi connectivity index (χ4v) is 3.26. The Bertz CT molecular complexity index is 460. The van der Waals surface area contributed by atoms with Gasteiger partial charge >= 0.3 is 6.09 Å². The maximum absolute atomic E-state index is 12.4. The van der Waals surface area contributed by atoms with Gasteiger partial charge in [0.1, 0.15) is 0 Å². The van der Waals surface area contributed by atoms with Crippen LogP contribution < -0.4 is 5.32 Å². The third-order valence-electron chi connectivity index (χ3n) is 4.89. The van der Waals surface area contributed by atoms with E-state index in [1.54, 1.807) is 16.7 Å². The first-order valence-electron chi connectivity index (χ1n) is 8.50. The van der Waals surface area contributed by atoms with E-state index in [1.165, 1.54) is 0 Å². The predicted molar refractivity (Wildman–Crippen MR) is 84.8 cm³/mol. The molecule has 1 N–H and O–H groups in total. The number of ether oxygens (including phenoxy) is 1. The Kier molecular flexibility index (Phi) is 5.85. The van der Waals surface area contributed by atoms with Gasteiger partial charge in [0.05, 0.1) is 6.61 Å². The smallest absolute Gasteiger partial charge is 0.409 e. The van der Waals surface area contributed by atoms with Gasteiger partial charge < -0.3 is 19.9 Å². The summed E-state index contributed by atoms with van der Waals surface area (Å²) in [6, 6.07) is 0. The molecule has 7 heteroatoms. The Balaban J connectivity index is 1.77. The number of hydrogen-bond donors (Lipinski definition) is 1. The summed E-state index contributed by atoms with van der Waals surface area (Å²) in [5.41, 5.74) is -0.209. The zero-order valence-corrected chi connectivity index (χ0v) is 14.1. The summed E-state index contributed by atoms with van der Waals surface area (Å²) in [7, 11) is 0. The minimum absolute atomic E-state index is 0.0855. The van der Waals surface area contributed by atoms with Crippen molar-refractivity contribution in [1.29, 1.82) is 0 Å². The maximum atomic E-state index is 12.4. The van der Waals surface area contributed by atoms with Gasteiger partial charge in [-0.05, 0) is 26.2 Å². The zero-order valence-electron chi connectivity index (χ0n) is 14.1. The Morgan fingerprint density at radius 1 is 1.17 bits per heavy atom. The van der Waals surface area contributed by atoms with Gasteiger partial charge in [0.25, 0.3) is 0 Å². The molecule has 7 nitrogen and oxygen atoms in total. The molecule has 0 bridgehead atoms. The second-order valence-electron chi connectivity index (χ2n) is 6.25. The van der Waals surface area contributed by atoms with E-state index in [0.29, 0.717) is 52.0 Å². The third kappa shape index (κ3) is 4.36. The van der Waals surface area contributed by atoms with E-state index in [0.717, 1.165) is 12.8 Å². The SMILES string of the molecule is CCOC(=O)N1CCN(C(=O)CCC2(CC)CCC(=O)N2)CC1. The molecule has 2 saturated heterocycles. The largest absolute Gasteiger partial charge is 0.450 e. The van der Waals surface area contributed by atoms with Crippen LogP contribution in [0.5, 0.6) is 0 Å². The van der Waals surface area contributed by atoms with Crippen molar-refractivity contribution in [3.05, 3.63) is 0 Å². The first-order valence-corrected chi connectivity index (χ1v) is 8.50. The molecule has 1 atom stereocenters. The molecule has 0 aliphatic carbocycles. The monoisotopic (exact) mass is 325 g/mol. The van der Waals surface area contributed by atoms with E-state index in [4.69, 9.17) is 4.74 Å². The van der Waals surface area contributed by atoms with Crippen molar-refractivity contribution < 1.29 is 19.1 Å². The van der Waals surface area contributed by atoms with Gasteiger partial charge in [0, 0.05) is 44.6 Å². The number of nitrogens with one attached hydrogen (secondary N) is 1. The summed E-state index contributed by atoms with van der Waals surface area (Å²) in [5, 5.41) is 3.03. The molecule has 2 rings (SSSR count). The van der Waals surface area contributed by atoms with Gasteiger partial charge in [-0.25, -0.2) is 4.79 Å². The van der Waals surface area contributed by atoms with Crippen molar-refractivity contribution in [1.82, 2.24) is 15.1 Å². The normalized spacial score (nSPS) is 24.5. The molecular weight excluding hydrogens is 298 g/mol. The fourth-order valence-electron chi connectivity index (χ4n) is 3.26. The molecule has 0 aromatic carbocycles. The highest BCUT2D eigenvalue weighted by molar-refractivity contribution is 5.80. The summed E-state index contributed by atoms with van der Waals surface area (Å²) in [6.45, 7) is 6.31. The number of amides is 3. The highest BCUT2D eigenvalue weighted by atomic mass is 16.6. The quantitative estimate of drug-likeness (QED) is 0.822. The van der Waals surface area contributed by atoms with Gasteiger partial charge in [-0.15, -0.1) is 0 Å². The zero-order chi connectivity index (χ0) is 16.9. The summed E-state index contributed by atoms with van der Waals surface area (Å²) in [4.78, 5) is 38.9. The molecule has 23 heavy (non-hydrogen) atoms. The van der Waals surface area contributed by atoms with Crippen LogP contribution in [0.2, 0.25) is 0 Å². The van der Waals surface area contributed by atoms with Gasteiger partial charge in [-0.1, -0.05) is 6.92 Å². The summed E-state index contributed by atoms with van der Waals surface area (Å²) in [5.74, 6) is 0.185. The minimum Gasteiger partial charge on any atom is -0.450 e. The average molecular weight is 325 g/mol. The molecule has 0 radical (unpaired) electrons. The van der Waals surface area contributed by atoms with Crippen molar-refractivity contribution in [2.45, 2.75) is 51.5 Å². The molecular formula is C16H27N3O4. The number of carbonyl (C=O) groups excluding carboxylic acids is 3. The van der Waals surface area contributed by atoms with E-state index >= 15 is 0 Å². The molecule has 0 aromatic heterocycles. The lowest BCUT2D eigenvalue weighted by Gasteiger charge is -2.35. The molecule has 0 saturated carbocycles. The summed E-state index contributed by atoms with van der Waals surface area (Å²) < 4.78 is 4.97. The molecule has 0 spiro atoms. The molecule has 0 aromatic rings. The van der Waals surface area contributed by atoms with Crippen molar-refractivity contribution in [2.75, 3.05) is 32.8 Å². The Labute approximate surface area is 137 Å². The Morgan fingerprint density at radius 3 is 2.35 bits per heavy atom. The van der Waals surface area contributed by atoms with E-state index < -0.39 is 0 Å². The molecule has 2 aliphatic rings. The highest BCUT2D eigenvalue weighted by Crippen LogP contribution is 2.28. The molecule has 130 valence electrons. The lowest BCUT2D eigenvalue weighted by Crippen LogP contribution is -2.51. The topological polar surface area (TPSA) is 79.0 Å². The Morgan fingerprint density at radius 2 is 1.83 bits per heavy atom. The molecule has 1 unspecified atom stereocenters. The van der Waals surface area contributed by atoms with E-state index in [2.05, 4.69) is 5.32 Å². The van der Waals surface area contributed by atoms with Crippen LogP contribution in [0.3, 0.4) is 0 Å². The van der Waals surface area contributed by atoms with Crippen LogP contribution in [0.15, 0.2) is 0 Å². The van der Waals surface area contributed by atoms with Crippen molar-refractivity contribution >= 4 is 17.9 Å². The van der Waals surface area contributed by atoms with Crippen LogP contribution in [-0.4, -0.2) is 66.0 Å². The highest BCUT2D eigenvalue weighted by Gasteiger charge is 2.36.